The molecule has 0 aromatic rings. The number of carbonyl (C=O) groups excluding carboxylic acids is 1. The quantitative estimate of drug-likeness (QED) is 0.445. The molecule has 2 nitrogen and oxygen atoms in total. The maximum absolute atomic E-state index is 10.8. The molecular weight excluding hydrogens is 146 g/mol. The van der Waals surface area contributed by atoms with E-state index in [1.807, 2.05) is 0 Å². The predicted octanol–water partition coefficient (Wildman–Crippen LogP) is 1.37. The highest BCUT2D eigenvalue weighted by Crippen LogP contribution is 1.92. The van der Waals surface area contributed by atoms with Gasteiger partial charge in [-0.2, -0.15) is 0 Å². The van der Waals surface area contributed by atoms with Gasteiger partial charge in [0.15, 0.2) is 0 Å². The van der Waals surface area contributed by atoms with E-state index in [9.17, 15) is 4.79 Å². The Morgan fingerprint density at radius 1 is 1.70 bits per heavy atom. The molecule has 0 aliphatic heterocycles. The molecule has 10 heavy (non-hydrogen) atoms. The first-order chi connectivity index (χ1) is 4.59. The van der Waals surface area contributed by atoms with Gasteiger partial charge in [0.05, 0.1) is 4.99 Å². The minimum Gasteiger partial charge on any atom is -0.303 e. The van der Waals surface area contributed by atoms with E-state index in [4.69, 9.17) is 12.2 Å². The van der Waals surface area contributed by atoms with Crippen LogP contribution < -0.4 is 0 Å². The fourth-order valence-corrected chi connectivity index (χ4v) is 0.811. The molecule has 0 aromatic carbocycles. The molecule has 0 heterocycles. The summed E-state index contributed by atoms with van der Waals surface area (Å²) < 4.78 is 0. The van der Waals surface area contributed by atoms with Gasteiger partial charge in [-0.1, -0.05) is 18.3 Å². The molecule has 0 aliphatic rings. The number of carbonyl (C=O) groups is 1. The van der Waals surface area contributed by atoms with Gasteiger partial charge in [0.1, 0.15) is 0 Å². The smallest absolute Gasteiger partial charge is 0.224 e. The Balaban J connectivity index is 4.11. The summed E-state index contributed by atoms with van der Waals surface area (Å²) in [7, 11) is 0. The molecule has 0 N–H and O–H groups in total. The first-order valence-corrected chi connectivity index (χ1v) is 3.40. The van der Waals surface area contributed by atoms with Crippen LogP contribution >= 0.6 is 12.2 Å². The zero-order chi connectivity index (χ0) is 8.15. The van der Waals surface area contributed by atoms with Crippen molar-refractivity contribution in [3.05, 3.63) is 12.7 Å². The van der Waals surface area contributed by atoms with Crippen LogP contribution in [-0.2, 0) is 4.79 Å². The van der Waals surface area contributed by atoms with Gasteiger partial charge >= 0.3 is 0 Å². The van der Waals surface area contributed by atoms with Crippen molar-refractivity contribution < 1.29 is 4.79 Å². The Labute approximate surface area is 66.5 Å². The minimum absolute atomic E-state index is 0.0348. The number of nitrogens with zero attached hydrogens (tertiary/aromatic N) is 1. The topological polar surface area (TPSA) is 20.3 Å². The van der Waals surface area contributed by atoms with E-state index in [1.54, 1.807) is 13.0 Å². The van der Waals surface area contributed by atoms with Crippen molar-refractivity contribution in [1.82, 2.24) is 4.90 Å². The minimum atomic E-state index is -0.0348. The van der Waals surface area contributed by atoms with Gasteiger partial charge in [-0.3, -0.25) is 4.79 Å². The van der Waals surface area contributed by atoms with E-state index in [-0.39, 0.29) is 5.91 Å². The van der Waals surface area contributed by atoms with E-state index in [0.29, 0.717) is 11.5 Å². The predicted molar refractivity (Wildman–Crippen MR) is 45.9 cm³/mol. The molecule has 0 saturated heterocycles. The number of rotatable bonds is 2. The lowest BCUT2D eigenvalue weighted by molar-refractivity contribution is -0.124. The lowest BCUT2D eigenvalue weighted by atomic mass is 10.4. The first kappa shape index (κ1) is 9.30. The van der Waals surface area contributed by atoms with Crippen molar-refractivity contribution in [1.29, 1.82) is 0 Å². The molecule has 0 unspecified atom stereocenters. The Morgan fingerprint density at radius 3 is 2.30 bits per heavy atom. The molecular formula is C7H11NOS. The largest absolute Gasteiger partial charge is 0.303 e. The second kappa shape index (κ2) is 4.17. The zero-order valence-electron chi connectivity index (χ0n) is 6.26. The van der Waals surface area contributed by atoms with Gasteiger partial charge in [-0.05, 0) is 6.92 Å². The summed E-state index contributed by atoms with van der Waals surface area (Å²) in [4.78, 5) is 12.8. The highest BCUT2D eigenvalue weighted by Gasteiger charge is 2.06. The molecule has 56 valence electrons. The van der Waals surface area contributed by atoms with Crippen LogP contribution in [0.5, 0.6) is 0 Å². The maximum Gasteiger partial charge on any atom is 0.224 e. The van der Waals surface area contributed by atoms with Crippen molar-refractivity contribution in [2.45, 2.75) is 13.8 Å². The van der Waals surface area contributed by atoms with Gasteiger partial charge in [0.2, 0.25) is 5.91 Å². The van der Waals surface area contributed by atoms with Crippen molar-refractivity contribution >= 4 is 23.1 Å². The van der Waals surface area contributed by atoms with E-state index in [2.05, 4.69) is 6.58 Å². The van der Waals surface area contributed by atoms with Gasteiger partial charge in [-0.25, -0.2) is 0 Å². The average molecular weight is 157 g/mol. The van der Waals surface area contributed by atoms with Crippen LogP contribution in [0.4, 0.5) is 0 Å². The van der Waals surface area contributed by atoms with Gasteiger partial charge < -0.3 is 4.90 Å². The second-order valence-electron chi connectivity index (χ2n) is 1.94. The summed E-state index contributed by atoms with van der Waals surface area (Å²) in [5, 5.41) is 0. The molecule has 0 rings (SSSR count). The second-order valence-corrected chi connectivity index (χ2v) is 2.53. The highest BCUT2D eigenvalue weighted by atomic mass is 32.1. The van der Waals surface area contributed by atoms with Crippen LogP contribution in [0.1, 0.15) is 13.8 Å². The van der Waals surface area contributed by atoms with Crippen molar-refractivity contribution in [2.24, 2.45) is 0 Å². The molecule has 0 bridgehead atoms. The van der Waals surface area contributed by atoms with Crippen LogP contribution in [0.3, 0.4) is 0 Å². The van der Waals surface area contributed by atoms with Crippen molar-refractivity contribution in [2.75, 3.05) is 6.54 Å². The number of amides is 1. The molecule has 0 spiro atoms. The third-order valence-electron chi connectivity index (χ3n) is 1.07. The summed E-state index contributed by atoms with van der Waals surface area (Å²) in [6.45, 7) is 7.22. The third-order valence-corrected chi connectivity index (χ3v) is 1.29. The SMILES string of the molecule is C=CCN(C(C)=O)C(C)=S. The van der Waals surface area contributed by atoms with Gasteiger partial charge in [0.25, 0.3) is 0 Å². The summed E-state index contributed by atoms with van der Waals surface area (Å²) in [6, 6.07) is 0. The van der Waals surface area contributed by atoms with Crippen molar-refractivity contribution in [3.63, 3.8) is 0 Å². The lowest BCUT2D eigenvalue weighted by Gasteiger charge is -2.16. The molecule has 0 radical (unpaired) electrons. The standard InChI is InChI=1S/C7H11NOS/c1-4-5-8(6(2)9)7(3)10/h4H,1,5H2,2-3H3. The summed E-state index contributed by atoms with van der Waals surface area (Å²) >= 11 is 4.82. The molecule has 3 heteroatoms. The normalized spacial score (nSPS) is 8.60. The van der Waals surface area contributed by atoms with Crippen LogP contribution in [0.2, 0.25) is 0 Å². The Kier molecular flexibility index (Phi) is 3.88. The molecule has 0 atom stereocenters. The Hall–Kier alpha value is -0.700. The fraction of sp³-hybridized carbons (Fsp3) is 0.429. The number of hydrogen-bond acceptors (Lipinski definition) is 2. The monoisotopic (exact) mass is 157 g/mol. The molecule has 1 amide bonds. The summed E-state index contributed by atoms with van der Waals surface area (Å²) in [5.41, 5.74) is 0. The number of thiocarbonyl (C=S) groups is 1. The third kappa shape index (κ3) is 2.73. The summed E-state index contributed by atoms with van der Waals surface area (Å²) in [5.74, 6) is -0.0348. The van der Waals surface area contributed by atoms with E-state index < -0.39 is 0 Å². The Bertz CT molecular complexity index is 151. The lowest BCUT2D eigenvalue weighted by Crippen LogP contribution is -2.31. The number of hydrogen-bond donors (Lipinski definition) is 0. The van der Waals surface area contributed by atoms with E-state index in [0.717, 1.165) is 0 Å². The highest BCUT2D eigenvalue weighted by molar-refractivity contribution is 7.80. The van der Waals surface area contributed by atoms with Crippen LogP contribution in [0.25, 0.3) is 0 Å². The average Bonchev–Trinajstić information content (AvgIpc) is 1.81. The van der Waals surface area contributed by atoms with Gasteiger partial charge in [0, 0.05) is 13.5 Å². The first-order valence-electron chi connectivity index (χ1n) is 2.99. The van der Waals surface area contributed by atoms with E-state index >= 15 is 0 Å². The molecule has 0 saturated carbocycles. The van der Waals surface area contributed by atoms with E-state index in [1.165, 1.54) is 11.8 Å². The van der Waals surface area contributed by atoms with Crippen molar-refractivity contribution in [3.8, 4) is 0 Å². The molecule has 0 aliphatic carbocycles. The summed E-state index contributed by atoms with van der Waals surface area (Å²) in [6.07, 6.45) is 1.65. The van der Waals surface area contributed by atoms with Crippen LogP contribution in [-0.4, -0.2) is 22.3 Å². The van der Waals surface area contributed by atoms with Gasteiger partial charge in [-0.15, -0.1) is 6.58 Å². The molecule has 0 fully saturated rings. The zero-order valence-corrected chi connectivity index (χ0v) is 7.07. The fourth-order valence-electron chi connectivity index (χ4n) is 0.608. The Morgan fingerprint density at radius 2 is 2.20 bits per heavy atom. The van der Waals surface area contributed by atoms with Crippen LogP contribution in [0.15, 0.2) is 12.7 Å². The molecule has 0 aromatic heterocycles. The maximum atomic E-state index is 10.8. The van der Waals surface area contributed by atoms with Crippen LogP contribution in [0, 0.1) is 0 Å².